The molecule has 0 amide bonds. The van der Waals surface area contributed by atoms with Gasteiger partial charge in [-0.15, -0.1) is 0 Å². The third-order valence-corrected chi connectivity index (χ3v) is 3.54. The van der Waals surface area contributed by atoms with Crippen molar-refractivity contribution in [1.29, 1.82) is 0 Å². The maximum atomic E-state index is 4.65. The molecule has 0 bridgehead atoms. The van der Waals surface area contributed by atoms with Crippen molar-refractivity contribution >= 4 is 28.5 Å². The van der Waals surface area contributed by atoms with Crippen molar-refractivity contribution in [1.82, 2.24) is 34.5 Å². The highest BCUT2D eigenvalue weighted by Crippen LogP contribution is 2.22. The quantitative estimate of drug-likeness (QED) is 0.604. The number of aromatic nitrogens is 7. The Labute approximate surface area is 143 Å². The molecule has 4 aromatic rings. The summed E-state index contributed by atoms with van der Waals surface area (Å²) in [5, 5.41) is 3.20. The van der Waals surface area contributed by atoms with Crippen LogP contribution in [0.2, 0.25) is 0 Å². The third kappa shape index (κ3) is 2.94. The van der Waals surface area contributed by atoms with Crippen LogP contribution in [0.15, 0.2) is 49.6 Å². The van der Waals surface area contributed by atoms with Gasteiger partial charge in [-0.25, -0.2) is 29.9 Å². The van der Waals surface area contributed by atoms with Crippen LogP contribution in [-0.2, 0) is 0 Å². The zero-order chi connectivity index (χ0) is 17.2. The average molecular weight is 333 g/mol. The number of hydrogen-bond acceptors (Lipinski definition) is 8. The molecule has 1 N–H and O–H groups in total. The van der Waals surface area contributed by atoms with Crippen LogP contribution in [0.1, 0.15) is 0 Å². The standard InChI is InChI=1S/C16H15N9/c1-24(2)16-18-7-11(8-19-16)22-15-14-12(20-9-21-15)3-4-13(23-14)25-6-5-17-10-25/h3-10H,1-2H3,(H,20,21,22). The number of imidazole rings is 1. The van der Waals surface area contributed by atoms with Gasteiger partial charge < -0.3 is 10.2 Å². The summed E-state index contributed by atoms with van der Waals surface area (Å²) in [5.41, 5.74) is 2.12. The summed E-state index contributed by atoms with van der Waals surface area (Å²) in [6.45, 7) is 0. The molecule has 0 fully saturated rings. The maximum Gasteiger partial charge on any atom is 0.224 e. The lowest BCUT2D eigenvalue weighted by Crippen LogP contribution is -2.12. The SMILES string of the molecule is CN(C)c1ncc(Nc2ncnc3ccc(-n4ccnc4)nc23)cn1. The molecule has 4 rings (SSSR count). The Bertz CT molecular complexity index is 994. The first-order valence-electron chi connectivity index (χ1n) is 7.57. The van der Waals surface area contributed by atoms with Gasteiger partial charge in [-0.3, -0.25) is 4.57 Å². The summed E-state index contributed by atoms with van der Waals surface area (Å²) in [6.07, 6.45) is 10.1. The highest BCUT2D eigenvalue weighted by molar-refractivity contribution is 5.87. The van der Waals surface area contributed by atoms with Gasteiger partial charge in [0.25, 0.3) is 0 Å². The minimum Gasteiger partial charge on any atom is -0.347 e. The lowest BCUT2D eigenvalue weighted by molar-refractivity contribution is 0.997. The van der Waals surface area contributed by atoms with Gasteiger partial charge in [0, 0.05) is 26.5 Å². The van der Waals surface area contributed by atoms with Gasteiger partial charge in [0.2, 0.25) is 5.95 Å². The van der Waals surface area contributed by atoms with E-state index in [1.807, 2.05) is 41.9 Å². The van der Waals surface area contributed by atoms with Gasteiger partial charge >= 0.3 is 0 Å². The van der Waals surface area contributed by atoms with E-state index in [9.17, 15) is 0 Å². The fourth-order valence-corrected chi connectivity index (χ4v) is 2.31. The number of anilines is 3. The molecule has 0 spiro atoms. The molecule has 124 valence electrons. The summed E-state index contributed by atoms with van der Waals surface area (Å²) >= 11 is 0. The van der Waals surface area contributed by atoms with Crippen molar-refractivity contribution in [2.75, 3.05) is 24.3 Å². The van der Waals surface area contributed by atoms with Crippen LogP contribution in [0, 0.1) is 0 Å². The molecule has 0 aromatic carbocycles. The first-order chi connectivity index (χ1) is 12.2. The van der Waals surface area contributed by atoms with E-state index in [1.54, 1.807) is 24.9 Å². The molecule has 0 aliphatic rings. The molecule has 0 aliphatic carbocycles. The normalized spacial score (nSPS) is 10.8. The van der Waals surface area contributed by atoms with Gasteiger partial charge in [0.15, 0.2) is 5.82 Å². The van der Waals surface area contributed by atoms with Gasteiger partial charge in [-0.2, -0.15) is 0 Å². The topological polar surface area (TPSA) is 97.5 Å². The molecule has 0 saturated carbocycles. The minimum atomic E-state index is 0.591. The monoisotopic (exact) mass is 333 g/mol. The Morgan fingerprint density at radius 3 is 2.60 bits per heavy atom. The number of fused-ring (bicyclic) bond motifs is 1. The second-order valence-electron chi connectivity index (χ2n) is 5.52. The number of rotatable bonds is 4. The molecule has 4 heterocycles. The van der Waals surface area contributed by atoms with E-state index in [0.29, 0.717) is 17.3 Å². The van der Waals surface area contributed by atoms with Gasteiger partial charge in [0.05, 0.1) is 23.6 Å². The summed E-state index contributed by atoms with van der Waals surface area (Å²) in [7, 11) is 3.78. The zero-order valence-electron chi connectivity index (χ0n) is 13.7. The predicted molar refractivity (Wildman–Crippen MR) is 94.1 cm³/mol. The highest BCUT2D eigenvalue weighted by atomic mass is 15.2. The van der Waals surface area contributed by atoms with Crippen molar-refractivity contribution in [3.8, 4) is 5.82 Å². The van der Waals surface area contributed by atoms with Crippen LogP contribution in [-0.4, -0.2) is 48.6 Å². The second-order valence-corrected chi connectivity index (χ2v) is 5.52. The molecular weight excluding hydrogens is 318 g/mol. The Balaban J connectivity index is 1.72. The zero-order valence-corrected chi connectivity index (χ0v) is 13.7. The van der Waals surface area contributed by atoms with Crippen molar-refractivity contribution < 1.29 is 0 Å². The number of pyridine rings is 1. The summed E-state index contributed by atoms with van der Waals surface area (Å²) in [4.78, 5) is 27.7. The highest BCUT2D eigenvalue weighted by Gasteiger charge is 2.09. The van der Waals surface area contributed by atoms with Crippen molar-refractivity contribution in [3.05, 3.63) is 49.6 Å². The van der Waals surface area contributed by atoms with Crippen LogP contribution in [0.25, 0.3) is 16.9 Å². The molecule has 9 nitrogen and oxygen atoms in total. The molecule has 0 radical (unpaired) electrons. The van der Waals surface area contributed by atoms with E-state index in [4.69, 9.17) is 0 Å². The van der Waals surface area contributed by atoms with Crippen LogP contribution in [0.4, 0.5) is 17.5 Å². The van der Waals surface area contributed by atoms with E-state index in [0.717, 1.165) is 17.0 Å². The maximum absolute atomic E-state index is 4.65. The van der Waals surface area contributed by atoms with E-state index in [1.165, 1.54) is 6.33 Å². The van der Waals surface area contributed by atoms with E-state index < -0.39 is 0 Å². The number of hydrogen-bond donors (Lipinski definition) is 1. The smallest absolute Gasteiger partial charge is 0.224 e. The number of nitrogens with zero attached hydrogens (tertiary/aromatic N) is 8. The molecule has 4 aromatic heterocycles. The van der Waals surface area contributed by atoms with Gasteiger partial charge in [-0.1, -0.05) is 0 Å². The minimum absolute atomic E-state index is 0.591. The van der Waals surface area contributed by atoms with Crippen LogP contribution in [0.3, 0.4) is 0 Å². The molecule has 0 atom stereocenters. The van der Waals surface area contributed by atoms with Crippen molar-refractivity contribution in [3.63, 3.8) is 0 Å². The molecule has 0 saturated heterocycles. The molecule has 0 aliphatic heterocycles. The first-order valence-corrected chi connectivity index (χ1v) is 7.57. The second kappa shape index (κ2) is 6.11. The Kier molecular flexibility index (Phi) is 3.65. The van der Waals surface area contributed by atoms with Crippen LogP contribution in [0.5, 0.6) is 0 Å². The van der Waals surface area contributed by atoms with E-state index in [-0.39, 0.29) is 0 Å². The predicted octanol–water partition coefficient (Wildman–Crippen LogP) is 1.81. The largest absolute Gasteiger partial charge is 0.347 e. The van der Waals surface area contributed by atoms with Crippen LogP contribution >= 0.6 is 0 Å². The van der Waals surface area contributed by atoms with Crippen molar-refractivity contribution in [2.24, 2.45) is 0 Å². The third-order valence-electron chi connectivity index (χ3n) is 3.54. The molecule has 0 unspecified atom stereocenters. The Morgan fingerprint density at radius 1 is 1.04 bits per heavy atom. The summed E-state index contributed by atoms with van der Waals surface area (Å²) in [6, 6.07) is 3.78. The molecule has 25 heavy (non-hydrogen) atoms. The number of nitrogens with one attached hydrogen (secondary N) is 1. The van der Waals surface area contributed by atoms with E-state index >= 15 is 0 Å². The summed E-state index contributed by atoms with van der Waals surface area (Å²) in [5.74, 6) is 1.97. The fraction of sp³-hybridized carbons (Fsp3) is 0.125. The Morgan fingerprint density at radius 2 is 1.88 bits per heavy atom. The molecule has 9 heteroatoms. The fourth-order valence-electron chi connectivity index (χ4n) is 2.31. The summed E-state index contributed by atoms with van der Waals surface area (Å²) < 4.78 is 1.82. The lowest BCUT2D eigenvalue weighted by Gasteiger charge is -2.11. The average Bonchev–Trinajstić information content (AvgIpc) is 3.17. The lowest BCUT2D eigenvalue weighted by atomic mass is 10.3. The van der Waals surface area contributed by atoms with Gasteiger partial charge in [-0.05, 0) is 12.1 Å². The van der Waals surface area contributed by atoms with E-state index in [2.05, 4.69) is 35.2 Å². The Hall–Kier alpha value is -3.62. The van der Waals surface area contributed by atoms with Gasteiger partial charge in [0.1, 0.15) is 24.0 Å². The van der Waals surface area contributed by atoms with Crippen molar-refractivity contribution in [2.45, 2.75) is 0 Å². The first kappa shape index (κ1) is 14.9. The van der Waals surface area contributed by atoms with Crippen LogP contribution < -0.4 is 10.2 Å². The molecular formula is C16H15N9.